The number of benzene rings is 3. The molecule has 2 aliphatic heterocycles. The first-order valence-corrected chi connectivity index (χ1v) is 15.8. The van der Waals surface area contributed by atoms with E-state index < -0.39 is 0 Å². The lowest BCUT2D eigenvalue weighted by molar-refractivity contribution is -0.135. The van der Waals surface area contributed by atoms with E-state index in [0.29, 0.717) is 17.7 Å². The van der Waals surface area contributed by atoms with Crippen LogP contribution in [0.15, 0.2) is 66.7 Å². The quantitative estimate of drug-likeness (QED) is 0.371. The van der Waals surface area contributed by atoms with E-state index in [1.807, 2.05) is 36.2 Å². The largest absolute Gasteiger partial charge is 0.504 e. The Morgan fingerprint density at radius 1 is 1.09 bits per heavy atom. The molecule has 7 rings (SSSR count). The number of anilines is 1. The number of aryl methyl sites for hydroxylation is 1. The molecule has 1 amide bonds. The molecule has 224 valence electrons. The number of phenols is 1. The molecule has 2 bridgehead atoms. The molecule has 1 N–H and O–H groups in total. The summed E-state index contributed by atoms with van der Waals surface area (Å²) in [7, 11) is 6.06. The normalized spacial score (nSPS) is 27.1. The zero-order valence-electron chi connectivity index (χ0n) is 25.8. The molecule has 6 heteroatoms. The molecular formula is C37H43N3O3. The van der Waals surface area contributed by atoms with Crippen LogP contribution in [0.4, 0.5) is 5.69 Å². The van der Waals surface area contributed by atoms with E-state index in [1.165, 1.54) is 22.3 Å². The van der Waals surface area contributed by atoms with Gasteiger partial charge < -0.3 is 19.6 Å². The summed E-state index contributed by atoms with van der Waals surface area (Å²) in [5.74, 6) is 1.30. The van der Waals surface area contributed by atoms with Crippen molar-refractivity contribution in [1.82, 2.24) is 9.80 Å². The molecule has 43 heavy (non-hydrogen) atoms. The Balaban J connectivity index is 1.23. The van der Waals surface area contributed by atoms with Gasteiger partial charge in [0, 0.05) is 62.5 Å². The fourth-order valence-electron chi connectivity index (χ4n) is 8.88. The van der Waals surface area contributed by atoms with E-state index >= 15 is 0 Å². The van der Waals surface area contributed by atoms with E-state index in [9.17, 15) is 9.90 Å². The Morgan fingerprint density at radius 3 is 2.67 bits per heavy atom. The minimum atomic E-state index is -0.210. The molecule has 6 nitrogen and oxygen atoms in total. The molecular weight excluding hydrogens is 534 g/mol. The summed E-state index contributed by atoms with van der Waals surface area (Å²) in [6, 6.07) is 21.2. The number of carbonyl (C=O) groups is 1. The summed E-state index contributed by atoms with van der Waals surface area (Å²) in [6.45, 7) is 4.10. The van der Waals surface area contributed by atoms with Crippen molar-refractivity contribution < 1.29 is 14.6 Å². The van der Waals surface area contributed by atoms with Gasteiger partial charge in [-0.25, -0.2) is 0 Å². The fraction of sp³-hybridized carbons (Fsp3) is 0.432. The number of hydrogen-bond acceptors (Lipinski definition) is 5. The van der Waals surface area contributed by atoms with Gasteiger partial charge in [0.25, 0.3) is 0 Å². The van der Waals surface area contributed by atoms with Crippen LogP contribution in [0.2, 0.25) is 0 Å². The molecule has 0 unspecified atom stereocenters. The Labute approximate surface area is 255 Å². The average Bonchev–Trinajstić information content (AvgIpc) is 3.35. The van der Waals surface area contributed by atoms with E-state index in [-0.39, 0.29) is 29.2 Å². The van der Waals surface area contributed by atoms with Crippen LogP contribution in [0, 0.1) is 12.8 Å². The second-order valence-electron chi connectivity index (χ2n) is 13.3. The second-order valence-corrected chi connectivity index (χ2v) is 13.3. The monoisotopic (exact) mass is 577 g/mol. The maximum absolute atomic E-state index is 13.6. The molecule has 5 atom stereocenters. The Morgan fingerprint density at radius 2 is 1.91 bits per heavy atom. The van der Waals surface area contributed by atoms with Gasteiger partial charge in [0.1, 0.15) is 6.10 Å². The van der Waals surface area contributed by atoms with Crippen LogP contribution < -0.4 is 9.64 Å². The van der Waals surface area contributed by atoms with Gasteiger partial charge in [-0.15, -0.1) is 0 Å². The van der Waals surface area contributed by atoms with Gasteiger partial charge in [0.05, 0.1) is 6.04 Å². The highest BCUT2D eigenvalue weighted by molar-refractivity contribution is 5.92. The number of hydrogen-bond donors (Lipinski definition) is 1. The number of likely N-dealkylation sites (N-methyl/N-ethyl adjacent to an activating group) is 1. The molecule has 1 spiro atoms. The van der Waals surface area contributed by atoms with Gasteiger partial charge in [-0.3, -0.25) is 9.69 Å². The molecule has 1 saturated heterocycles. The smallest absolute Gasteiger partial charge is 0.246 e. The summed E-state index contributed by atoms with van der Waals surface area (Å²) in [5.41, 5.74) is 7.00. The Kier molecular flexibility index (Phi) is 7.00. The minimum Gasteiger partial charge on any atom is -0.504 e. The molecule has 2 fully saturated rings. The van der Waals surface area contributed by atoms with Crippen molar-refractivity contribution in [2.24, 2.45) is 5.92 Å². The zero-order valence-corrected chi connectivity index (χ0v) is 25.8. The maximum Gasteiger partial charge on any atom is 0.246 e. The Hall–Kier alpha value is -3.77. The third-order valence-electron chi connectivity index (χ3n) is 10.8. The summed E-state index contributed by atoms with van der Waals surface area (Å²) < 4.78 is 6.87. The van der Waals surface area contributed by atoms with Crippen LogP contribution in [0.3, 0.4) is 0 Å². The number of amides is 1. The van der Waals surface area contributed by atoms with E-state index in [2.05, 4.69) is 73.3 Å². The summed E-state index contributed by atoms with van der Waals surface area (Å²) in [5, 5.41) is 11.3. The summed E-state index contributed by atoms with van der Waals surface area (Å²) in [6.07, 6.45) is 8.35. The Bertz CT molecular complexity index is 1570. The minimum absolute atomic E-state index is 0.00741. The number of nitrogens with zero attached hydrogens (tertiary/aromatic N) is 3. The number of piperidine rings is 1. The van der Waals surface area contributed by atoms with Crippen LogP contribution in [0.5, 0.6) is 11.5 Å². The van der Waals surface area contributed by atoms with Gasteiger partial charge in [0.15, 0.2) is 11.5 Å². The topological polar surface area (TPSA) is 56.2 Å². The molecule has 2 heterocycles. The predicted octanol–water partition coefficient (Wildman–Crippen LogP) is 5.59. The average molecular weight is 578 g/mol. The lowest BCUT2D eigenvalue weighted by atomic mass is 9.50. The van der Waals surface area contributed by atoms with Crippen LogP contribution in [-0.4, -0.2) is 73.2 Å². The summed E-state index contributed by atoms with van der Waals surface area (Å²) in [4.78, 5) is 20.4. The number of aromatic hydroxyl groups is 1. The van der Waals surface area contributed by atoms with Crippen LogP contribution in [-0.2, 0) is 23.1 Å². The van der Waals surface area contributed by atoms with E-state index in [1.54, 1.807) is 6.08 Å². The number of likely N-dealkylation sites (tertiary alicyclic amines) is 1. The van der Waals surface area contributed by atoms with Gasteiger partial charge in [-0.05, 0) is 74.3 Å². The highest BCUT2D eigenvalue weighted by Gasteiger charge is 2.66. The van der Waals surface area contributed by atoms with Gasteiger partial charge in [-0.1, -0.05) is 60.2 Å². The third-order valence-corrected chi connectivity index (χ3v) is 10.8. The van der Waals surface area contributed by atoms with Crippen molar-refractivity contribution in [2.45, 2.75) is 62.6 Å². The molecule has 1 saturated carbocycles. The molecule has 2 aliphatic carbocycles. The maximum atomic E-state index is 13.6. The van der Waals surface area contributed by atoms with Crippen LogP contribution >= 0.6 is 0 Å². The first-order chi connectivity index (χ1) is 20.8. The molecule has 0 aromatic heterocycles. The number of carbonyl (C=O) groups excluding carboxylic acids is 1. The van der Waals surface area contributed by atoms with Gasteiger partial charge >= 0.3 is 0 Å². The van der Waals surface area contributed by atoms with Crippen LogP contribution in [0.25, 0.3) is 6.08 Å². The van der Waals surface area contributed by atoms with E-state index in [0.717, 1.165) is 56.4 Å². The third kappa shape index (κ3) is 4.53. The predicted molar refractivity (Wildman–Crippen MR) is 172 cm³/mol. The lowest BCUT2D eigenvalue weighted by Gasteiger charge is -2.60. The zero-order chi connectivity index (χ0) is 29.9. The van der Waals surface area contributed by atoms with Crippen molar-refractivity contribution in [3.05, 3.63) is 94.6 Å². The van der Waals surface area contributed by atoms with Crippen molar-refractivity contribution in [1.29, 1.82) is 0 Å². The van der Waals surface area contributed by atoms with Crippen LogP contribution in [0.1, 0.15) is 47.1 Å². The van der Waals surface area contributed by atoms with Crippen molar-refractivity contribution in [3.8, 4) is 11.5 Å². The molecule has 3 aromatic rings. The SMILES string of the molecule is Cc1cccc(C=CC(=O)N(C)[C@@H]2CC[C@H]3[C@H]4Cc5c(N(C)C)cc(O)c6c5[C@@]3(CCN4CCc3ccccc3)[C@H]2O6)c1. The summed E-state index contributed by atoms with van der Waals surface area (Å²) >= 11 is 0. The second kappa shape index (κ2) is 10.7. The van der Waals surface area contributed by atoms with Crippen molar-refractivity contribution >= 4 is 17.7 Å². The highest BCUT2D eigenvalue weighted by atomic mass is 16.5. The first kappa shape index (κ1) is 28.0. The molecule has 4 aliphatic rings. The van der Waals surface area contributed by atoms with Crippen molar-refractivity contribution in [2.75, 3.05) is 39.1 Å². The lowest BCUT2D eigenvalue weighted by Crippen LogP contribution is -2.69. The highest BCUT2D eigenvalue weighted by Crippen LogP contribution is 2.65. The number of rotatable bonds is 7. The molecule has 0 radical (unpaired) electrons. The number of ether oxygens (including phenoxy) is 1. The van der Waals surface area contributed by atoms with Crippen molar-refractivity contribution in [3.63, 3.8) is 0 Å². The number of phenolic OH excluding ortho intramolecular Hbond substituents is 1. The van der Waals surface area contributed by atoms with Gasteiger partial charge in [0.2, 0.25) is 5.91 Å². The fourth-order valence-corrected chi connectivity index (χ4v) is 8.88. The van der Waals surface area contributed by atoms with Gasteiger partial charge in [-0.2, -0.15) is 0 Å². The van der Waals surface area contributed by atoms with E-state index in [4.69, 9.17) is 4.74 Å². The first-order valence-electron chi connectivity index (χ1n) is 15.8. The standard InChI is InChI=1S/C37H43N3O3/c1-24-9-8-12-26(21-24)13-16-33(42)39(4)29-15-14-28-31-22-27-30(38(2)3)23-32(41)35-34(27)37(28,36(29)43-35)18-20-40(31)19-17-25-10-6-5-7-11-25/h5-13,16,21,23,28-29,31,36,41H,14-15,17-20,22H2,1-4H3/t28-,29+,31+,36-,37-/m0/s1. The molecule has 3 aromatic carbocycles.